The number of unbranched alkanes of at least 4 members (excludes halogenated alkanes) is 18. The molecule has 0 radical (unpaired) electrons. The number of hydrogen-bond acceptors (Lipinski definition) is 6. The number of rotatable bonds is 45. The van der Waals surface area contributed by atoms with Crippen molar-refractivity contribution in [1.29, 1.82) is 0 Å². The van der Waals surface area contributed by atoms with E-state index in [1.807, 2.05) is 27.2 Å². The standard InChI is InChI=1S/C55H97N2O6P/c1-6-8-10-12-14-16-17-18-19-20-21-22-23-24-25-26-27-28-29-30-31-32-33-34-35-36-37-38-39-41-43-45-47-49-55(59)56-53(52-63-64(60,61)62-51-50-57(3,4)5)54(58)48-46-44-42-40-15-13-11-9-7-2/h8,10,14-16,18-19,21-22,24-25,27-28,40,46,48,53-54,58H,6-7,9,11-13,17,20,23,26,29-39,41-45,47,49-52H2,1-5H3,(H-,56,59,60,61)/b10-8-,16-14-,19-18-,22-21-,25-24-,28-27-,40-15+,48-46+. The topological polar surface area (TPSA) is 108 Å². The molecule has 0 aliphatic heterocycles. The molecule has 0 fully saturated rings. The van der Waals surface area contributed by atoms with Gasteiger partial charge in [-0.05, 0) is 83.5 Å². The van der Waals surface area contributed by atoms with Crippen LogP contribution in [0.4, 0.5) is 0 Å². The van der Waals surface area contributed by atoms with Gasteiger partial charge in [0.05, 0.1) is 39.9 Å². The number of carbonyl (C=O) groups is 1. The van der Waals surface area contributed by atoms with Crippen molar-refractivity contribution < 1.29 is 32.9 Å². The van der Waals surface area contributed by atoms with Crippen LogP contribution in [0.25, 0.3) is 0 Å². The van der Waals surface area contributed by atoms with Gasteiger partial charge in [-0.25, -0.2) is 0 Å². The van der Waals surface area contributed by atoms with E-state index in [0.717, 1.165) is 77.0 Å². The Morgan fingerprint density at radius 3 is 1.45 bits per heavy atom. The highest BCUT2D eigenvalue weighted by Crippen LogP contribution is 2.38. The first-order valence-electron chi connectivity index (χ1n) is 25.6. The molecule has 0 aromatic heterocycles. The molecule has 0 spiro atoms. The van der Waals surface area contributed by atoms with Crippen LogP contribution in [0.1, 0.15) is 194 Å². The summed E-state index contributed by atoms with van der Waals surface area (Å²) in [4.78, 5) is 25.3. The molecule has 2 N–H and O–H groups in total. The maximum atomic E-state index is 12.9. The molecule has 3 unspecified atom stereocenters. The predicted molar refractivity (Wildman–Crippen MR) is 274 cm³/mol. The minimum atomic E-state index is -4.60. The minimum absolute atomic E-state index is 0.0105. The third-order valence-electron chi connectivity index (χ3n) is 10.8. The first kappa shape index (κ1) is 61.4. The molecule has 368 valence electrons. The molecular weight excluding hydrogens is 816 g/mol. The Kier molecular flexibility index (Phi) is 43.7. The largest absolute Gasteiger partial charge is 0.756 e. The van der Waals surface area contributed by atoms with Crippen molar-refractivity contribution >= 4 is 13.7 Å². The number of aliphatic hydroxyl groups excluding tert-OH is 1. The van der Waals surface area contributed by atoms with Gasteiger partial charge in [-0.3, -0.25) is 9.36 Å². The van der Waals surface area contributed by atoms with Crippen LogP contribution >= 0.6 is 7.82 Å². The van der Waals surface area contributed by atoms with E-state index in [1.165, 1.54) is 96.3 Å². The van der Waals surface area contributed by atoms with Crippen LogP contribution < -0.4 is 10.2 Å². The summed E-state index contributed by atoms with van der Waals surface area (Å²) in [6, 6.07) is -0.906. The number of hydrogen-bond donors (Lipinski definition) is 2. The number of phosphoric acid groups is 1. The van der Waals surface area contributed by atoms with Crippen molar-refractivity contribution in [2.45, 2.75) is 206 Å². The maximum Gasteiger partial charge on any atom is 0.268 e. The Bertz CT molecular complexity index is 1360. The number of nitrogens with one attached hydrogen (secondary N) is 1. The molecule has 8 nitrogen and oxygen atoms in total. The zero-order valence-electron chi connectivity index (χ0n) is 41.7. The normalized spacial score (nSPS) is 14.9. The van der Waals surface area contributed by atoms with Crippen LogP contribution in [0.5, 0.6) is 0 Å². The second-order valence-corrected chi connectivity index (χ2v) is 19.5. The van der Waals surface area contributed by atoms with Gasteiger partial charge in [-0.15, -0.1) is 0 Å². The van der Waals surface area contributed by atoms with Gasteiger partial charge in [0, 0.05) is 6.42 Å². The van der Waals surface area contributed by atoms with E-state index < -0.39 is 26.6 Å². The summed E-state index contributed by atoms with van der Waals surface area (Å²) in [5.74, 6) is -0.215. The first-order valence-corrected chi connectivity index (χ1v) is 27.1. The van der Waals surface area contributed by atoms with Gasteiger partial charge in [-0.1, -0.05) is 201 Å². The zero-order valence-corrected chi connectivity index (χ0v) is 42.6. The van der Waals surface area contributed by atoms with Crippen molar-refractivity contribution in [2.24, 2.45) is 0 Å². The van der Waals surface area contributed by atoms with E-state index in [9.17, 15) is 19.4 Å². The summed E-state index contributed by atoms with van der Waals surface area (Å²) >= 11 is 0. The van der Waals surface area contributed by atoms with Crippen LogP contribution in [0.3, 0.4) is 0 Å². The molecule has 0 saturated heterocycles. The molecule has 0 aromatic carbocycles. The van der Waals surface area contributed by atoms with Gasteiger partial charge in [0.2, 0.25) is 5.91 Å². The summed E-state index contributed by atoms with van der Waals surface area (Å²) in [6.45, 7) is 4.44. The fourth-order valence-corrected chi connectivity index (χ4v) is 7.48. The summed E-state index contributed by atoms with van der Waals surface area (Å²) in [5.41, 5.74) is 0. The summed E-state index contributed by atoms with van der Waals surface area (Å²) in [6.07, 6.45) is 65.0. The number of nitrogens with zero attached hydrogens (tertiary/aromatic N) is 1. The number of phosphoric ester groups is 1. The van der Waals surface area contributed by atoms with Crippen LogP contribution in [-0.2, 0) is 18.4 Å². The number of quaternary nitrogens is 1. The Morgan fingerprint density at radius 1 is 0.562 bits per heavy atom. The molecule has 0 aromatic rings. The molecule has 3 atom stereocenters. The molecular formula is C55H97N2O6P. The number of allylic oxidation sites excluding steroid dienone is 15. The van der Waals surface area contributed by atoms with E-state index in [4.69, 9.17) is 9.05 Å². The molecule has 0 aliphatic rings. The maximum absolute atomic E-state index is 12.9. The van der Waals surface area contributed by atoms with Gasteiger partial charge in [-0.2, -0.15) is 0 Å². The monoisotopic (exact) mass is 913 g/mol. The van der Waals surface area contributed by atoms with Gasteiger partial charge in [0.15, 0.2) is 0 Å². The number of amides is 1. The van der Waals surface area contributed by atoms with Crippen molar-refractivity contribution in [3.8, 4) is 0 Å². The minimum Gasteiger partial charge on any atom is -0.756 e. The lowest BCUT2D eigenvalue weighted by molar-refractivity contribution is -0.870. The van der Waals surface area contributed by atoms with E-state index in [2.05, 4.69) is 104 Å². The van der Waals surface area contributed by atoms with Crippen molar-refractivity contribution in [2.75, 3.05) is 40.9 Å². The van der Waals surface area contributed by atoms with E-state index in [0.29, 0.717) is 17.4 Å². The molecule has 1 amide bonds. The predicted octanol–water partition coefficient (Wildman–Crippen LogP) is 14.5. The SMILES string of the molecule is CC/C=C\C/C=C\C/C=C\C/C=C\C/C=C\C/C=C\CCCCCCCCCCCCCCCCC(=O)NC(COP(=O)([O-])OCC[N+](C)(C)C)C(O)/C=C/CC/C=C/CCCCC. The van der Waals surface area contributed by atoms with Crippen LogP contribution in [0.2, 0.25) is 0 Å². The Hall–Kier alpha value is -2.58. The Morgan fingerprint density at radius 2 is 0.969 bits per heavy atom. The Balaban J connectivity index is 4.04. The number of carbonyl (C=O) groups excluding carboxylic acids is 1. The van der Waals surface area contributed by atoms with Crippen molar-refractivity contribution in [3.05, 3.63) is 97.2 Å². The van der Waals surface area contributed by atoms with Crippen molar-refractivity contribution in [1.82, 2.24) is 5.32 Å². The summed E-state index contributed by atoms with van der Waals surface area (Å²) in [7, 11) is 1.23. The van der Waals surface area contributed by atoms with E-state index >= 15 is 0 Å². The summed E-state index contributed by atoms with van der Waals surface area (Å²) < 4.78 is 23.1. The molecule has 9 heteroatoms. The van der Waals surface area contributed by atoms with Gasteiger partial charge < -0.3 is 28.8 Å². The third kappa shape index (κ3) is 47.4. The van der Waals surface area contributed by atoms with Crippen LogP contribution in [0, 0.1) is 0 Å². The quantitative estimate of drug-likeness (QED) is 0.0273. The smallest absolute Gasteiger partial charge is 0.268 e. The Labute approximate surface area is 394 Å². The van der Waals surface area contributed by atoms with E-state index in [-0.39, 0.29) is 12.5 Å². The molecule has 0 saturated carbocycles. The third-order valence-corrected chi connectivity index (χ3v) is 11.7. The molecule has 64 heavy (non-hydrogen) atoms. The van der Waals surface area contributed by atoms with Gasteiger partial charge in [0.1, 0.15) is 13.2 Å². The average molecular weight is 913 g/mol. The molecule has 0 aliphatic carbocycles. The van der Waals surface area contributed by atoms with Gasteiger partial charge in [0.25, 0.3) is 7.82 Å². The molecule has 0 rings (SSSR count). The highest BCUT2D eigenvalue weighted by Gasteiger charge is 2.23. The fourth-order valence-electron chi connectivity index (χ4n) is 6.76. The summed E-state index contributed by atoms with van der Waals surface area (Å²) in [5, 5.41) is 13.7. The van der Waals surface area contributed by atoms with E-state index in [1.54, 1.807) is 6.08 Å². The van der Waals surface area contributed by atoms with Crippen molar-refractivity contribution in [3.63, 3.8) is 0 Å². The zero-order chi connectivity index (χ0) is 47.1. The van der Waals surface area contributed by atoms with Crippen LogP contribution in [-0.4, -0.2) is 68.5 Å². The second kappa shape index (κ2) is 45.6. The highest BCUT2D eigenvalue weighted by atomic mass is 31.2. The first-order chi connectivity index (χ1) is 31.0. The lowest BCUT2D eigenvalue weighted by atomic mass is 10.0. The molecule has 0 bridgehead atoms. The van der Waals surface area contributed by atoms with Gasteiger partial charge >= 0.3 is 0 Å². The lowest BCUT2D eigenvalue weighted by Gasteiger charge is -2.29. The highest BCUT2D eigenvalue weighted by molar-refractivity contribution is 7.45. The number of aliphatic hydroxyl groups is 1. The fraction of sp³-hybridized carbons (Fsp3) is 0.691. The lowest BCUT2D eigenvalue weighted by Crippen LogP contribution is -2.45. The molecule has 0 heterocycles. The number of likely N-dealkylation sites (N-methyl/N-ethyl adjacent to an activating group) is 1. The second-order valence-electron chi connectivity index (χ2n) is 18.1. The van der Waals surface area contributed by atoms with Crippen LogP contribution in [0.15, 0.2) is 97.2 Å². The average Bonchev–Trinajstić information content (AvgIpc) is 3.25.